The average Bonchev–Trinajstić information content (AvgIpc) is 1.59. The van der Waals surface area contributed by atoms with Crippen LogP contribution in [0.2, 0.25) is 17.4 Å². The summed E-state index contributed by atoms with van der Waals surface area (Å²) >= 11 is -0.139. The van der Waals surface area contributed by atoms with Crippen LogP contribution in [0.4, 0.5) is 0 Å². The van der Waals surface area contributed by atoms with E-state index < -0.39 is 0 Å². The Kier molecular flexibility index (Phi) is 6.46. The predicted octanol–water partition coefficient (Wildman–Crippen LogP) is 0.975. The fraction of sp³-hybridized carbons (Fsp3) is 1.00. The number of methoxy groups -OCH3 is 1. The van der Waals surface area contributed by atoms with Gasteiger partial charge in [0.15, 0.2) is 0 Å². The van der Waals surface area contributed by atoms with Gasteiger partial charge in [0.2, 0.25) is 0 Å². The zero-order valence-corrected chi connectivity index (χ0v) is 8.63. The Balaban J connectivity index is 0.000000180. The van der Waals surface area contributed by atoms with Gasteiger partial charge in [0, 0.05) is 20.2 Å². The van der Waals surface area contributed by atoms with Crippen LogP contribution < -0.4 is 5.32 Å². The van der Waals surface area contributed by atoms with Gasteiger partial charge >= 0.3 is 0 Å². The van der Waals surface area contributed by atoms with Crippen molar-refractivity contribution in [1.29, 1.82) is 0 Å². The van der Waals surface area contributed by atoms with E-state index in [-0.39, 0.29) is 14.1 Å². The van der Waals surface area contributed by atoms with Crippen LogP contribution in [0.15, 0.2) is 0 Å². The fourth-order valence-corrected chi connectivity index (χ4v) is 0.429. The molecule has 0 atom stereocenters. The molecular weight excluding hydrogens is 141 g/mol. The third kappa shape index (κ3) is 6.57. The van der Waals surface area contributed by atoms with E-state index in [4.69, 9.17) is 4.74 Å². The third-order valence-corrected chi connectivity index (χ3v) is 1.08. The third-order valence-electron chi connectivity index (χ3n) is 1.08. The molecule has 1 heterocycles. The topological polar surface area (TPSA) is 21.3 Å². The van der Waals surface area contributed by atoms with Gasteiger partial charge in [-0.1, -0.05) is 0 Å². The van der Waals surface area contributed by atoms with Gasteiger partial charge in [-0.3, -0.25) is 0 Å². The largest absolute Gasteiger partial charge is 0.379 e. The molecule has 2 nitrogen and oxygen atoms in total. The summed E-state index contributed by atoms with van der Waals surface area (Å²) in [6.07, 6.45) is 0.505. The Morgan fingerprint density at radius 3 is 1.70 bits per heavy atom. The first-order valence-electron chi connectivity index (χ1n) is 3.90. The Labute approximate surface area is 68.3 Å². The summed E-state index contributed by atoms with van der Waals surface area (Å²) in [7, 11) is 1.74. The molecule has 0 amide bonds. The molecule has 3 heteroatoms. The van der Waals surface area contributed by atoms with Crippen molar-refractivity contribution in [2.75, 3.05) is 20.2 Å². The zero-order valence-electron chi connectivity index (χ0n) is 7.48. The fourth-order valence-electron chi connectivity index (χ4n) is 0.429. The van der Waals surface area contributed by atoms with Crippen molar-refractivity contribution in [3.05, 3.63) is 0 Å². The molecule has 0 aromatic carbocycles. The summed E-state index contributed by atoms with van der Waals surface area (Å²) in [4.78, 5) is 0. The van der Waals surface area contributed by atoms with E-state index in [0.29, 0.717) is 6.10 Å². The zero-order chi connectivity index (χ0) is 7.98. The molecule has 0 radical (unpaired) electrons. The number of nitrogens with one attached hydrogen (secondary N) is 1. The smallest absolute Gasteiger partial charge is 0.251 e. The highest BCUT2D eigenvalue weighted by molar-refractivity contribution is 6.54. The maximum atomic E-state index is 4.92. The molecule has 1 fully saturated rings. The molecule has 1 rings (SSSR count). The van der Waals surface area contributed by atoms with E-state index in [1.165, 1.54) is 0 Å². The van der Waals surface area contributed by atoms with Crippen molar-refractivity contribution in [3.63, 3.8) is 0 Å². The lowest BCUT2D eigenvalue weighted by Crippen LogP contribution is -2.47. The molecular formula is C7H18AlNO. The lowest BCUT2D eigenvalue weighted by atomic mass is 10.2. The van der Waals surface area contributed by atoms with Crippen molar-refractivity contribution in [2.24, 2.45) is 0 Å². The second-order valence-corrected chi connectivity index (χ2v) is 6.71. The van der Waals surface area contributed by atoms with Gasteiger partial charge in [-0.15, -0.1) is 17.4 Å². The first-order chi connectivity index (χ1) is 4.66. The second kappa shape index (κ2) is 6.18. The molecule has 0 aromatic rings. The molecule has 1 aliphatic heterocycles. The average molecular weight is 159 g/mol. The van der Waals surface area contributed by atoms with Gasteiger partial charge in [0.05, 0.1) is 6.10 Å². The second-order valence-electron chi connectivity index (χ2n) is 3.25. The summed E-state index contributed by atoms with van der Waals surface area (Å²) in [6.45, 7) is 2.08. The molecule has 0 spiro atoms. The normalized spacial score (nSPS) is 16.8. The first kappa shape index (κ1) is 10.5. The standard InChI is InChI=1S/C4H9NO.3CH3.Al/c1-6-4-2-5-3-4;;;;/h4-5H,2-3H2,1H3;3*1H3;. The lowest BCUT2D eigenvalue weighted by Gasteiger charge is -2.24. The van der Waals surface area contributed by atoms with Gasteiger partial charge in [-0.2, -0.15) is 0 Å². The molecule has 60 valence electrons. The number of ether oxygens (including phenoxy) is 1. The van der Waals surface area contributed by atoms with Crippen LogP contribution in [0.25, 0.3) is 0 Å². The summed E-state index contributed by atoms with van der Waals surface area (Å²) < 4.78 is 4.92. The summed E-state index contributed by atoms with van der Waals surface area (Å²) in [6, 6.07) is 0. The highest BCUT2D eigenvalue weighted by Crippen LogP contribution is 1.92. The van der Waals surface area contributed by atoms with Gasteiger partial charge in [0.25, 0.3) is 14.1 Å². The van der Waals surface area contributed by atoms with Crippen molar-refractivity contribution in [1.82, 2.24) is 5.32 Å². The van der Waals surface area contributed by atoms with Gasteiger partial charge < -0.3 is 10.1 Å². The SMILES string of the molecule is COC1CNC1.[CH3][Al]([CH3])[CH3]. The minimum Gasteiger partial charge on any atom is -0.379 e. The molecule has 0 saturated carbocycles. The number of rotatable bonds is 1. The van der Waals surface area contributed by atoms with Crippen molar-refractivity contribution < 1.29 is 4.74 Å². The van der Waals surface area contributed by atoms with E-state index in [1.54, 1.807) is 7.11 Å². The number of hydrogen-bond donors (Lipinski definition) is 1. The first-order valence-corrected chi connectivity index (χ1v) is 7.36. The Morgan fingerprint density at radius 2 is 1.70 bits per heavy atom. The predicted molar refractivity (Wildman–Crippen MR) is 47.0 cm³/mol. The van der Waals surface area contributed by atoms with Crippen LogP contribution in [0.3, 0.4) is 0 Å². The van der Waals surface area contributed by atoms with Crippen LogP contribution in [0.5, 0.6) is 0 Å². The Hall–Kier alpha value is 0.452. The quantitative estimate of drug-likeness (QED) is 0.576. The molecule has 0 unspecified atom stereocenters. The minimum absolute atomic E-state index is 0.139. The van der Waals surface area contributed by atoms with Crippen LogP contribution in [-0.2, 0) is 4.74 Å². The van der Waals surface area contributed by atoms with Gasteiger partial charge in [0.1, 0.15) is 0 Å². The van der Waals surface area contributed by atoms with E-state index in [0.717, 1.165) is 13.1 Å². The van der Waals surface area contributed by atoms with Gasteiger partial charge in [-0.25, -0.2) is 0 Å². The maximum absolute atomic E-state index is 4.92. The molecule has 1 saturated heterocycles. The summed E-state index contributed by atoms with van der Waals surface area (Å²) in [5.74, 6) is 6.92. The minimum atomic E-state index is -0.139. The molecule has 0 aromatic heterocycles. The highest BCUT2D eigenvalue weighted by atomic mass is 27.2. The Morgan fingerprint density at radius 1 is 1.30 bits per heavy atom. The number of hydrogen-bond acceptors (Lipinski definition) is 2. The van der Waals surface area contributed by atoms with Crippen molar-refractivity contribution >= 4 is 14.1 Å². The summed E-state index contributed by atoms with van der Waals surface area (Å²) in [5, 5.41) is 3.09. The Bertz CT molecular complexity index is 68.5. The molecule has 0 aliphatic carbocycles. The van der Waals surface area contributed by atoms with E-state index in [2.05, 4.69) is 22.7 Å². The van der Waals surface area contributed by atoms with Crippen LogP contribution >= 0.6 is 0 Å². The summed E-state index contributed by atoms with van der Waals surface area (Å²) in [5.41, 5.74) is 0. The van der Waals surface area contributed by atoms with Crippen molar-refractivity contribution in [3.8, 4) is 0 Å². The molecule has 1 N–H and O–H groups in total. The van der Waals surface area contributed by atoms with Crippen LogP contribution in [0, 0.1) is 0 Å². The van der Waals surface area contributed by atoms with E-state index in [1.807, 2.05) is 0 Å². The molecule has 10 heavy (non-hydrogen) atoms. The monoisotopic (exact) mass is 159 g/mol. The van der Waals surface area contributed by atoms with Crippen LogP contribution in [-0.4, -0.2) is 40.5 Å². The van der Waals surface area contributed by atoms with Crippen molar-refractivity contribution in [2.45, 2.75) is 23.5 Å². The highest BCUT2D eigenvalue weighted by Gasteiger charge is 2.13. The lowest BCUT2D eigenvalue weighted by molar-refractivity contribution is 0.0600. The van der Waals surface area contributed by atoms with Gasteiger partial charge in [-0.05, 0) is 0 Å². The van der Waals surface area contributed by atoms with Crippen LogP contribution in [0.1, 0.15) is 0 Å². The molecule has 1 aliphatic rings. The van der Waals surface area contributed by atoms with E-state index in [9.17, 15) is 0 Å². The van der Waals surface area contributed by atoms with E-state index >= 15 is 0 Å². The molecule has 0 bridgehead atoms. The maximum Gasteiger partial charge on any atom is 0.251 e.